The predicted molar refractivity (Wildman–Crippen MR) is 114 cm³/mol. The topological polar surface area (TPSA) is 104 Å². The minimum Gasteiger partial charge on any atom is -0.343 e. The number of amides is 2. The van der Waals surface area contributed by atoms with E-state index in [0.717, 1.165) is 30.2 Å². The maximum absolute atomic E-state index is 12.5. The zero-order chi connectivity index (χ0) is 20.9. The minimum atomic E-state index is -3.69. The number of carbonyl (C=O) groups excluding carboxylic acids is 2. The van der Waals surface area contributed by atoms with E-state index >= 15 is 0 Å². The molecule has 0 saturated heterocycles. The van der Waals surface area contributed by atoms with Gasteiger partial charge in [-0.3, -0.25) is 9.59 Å². The second-order valence-electron chi connectivity index (χ2n) is 6.87. The van der Waals surface area contributed by atoms with Crippen LogP contribution in [-0.4, -0.2) is 32.8 Å². The van der Waals surface area contributed by atoms with Gasteiger partial charge in [0.15, 0.2) is 0 Å². The standard InChI is InChI=1S/C20H22BrN3O4S/c21-15-8-10-16(11-9-15)23-19(25)13-22-20(26)14-4-3-7-18(12-14)29(27,28)24-17-5-1-2-6-17/h3-4,7-12,17,24H,1-2,5-6,13H2,(H,22,26)(H,23,25). The Bertz CT molecular complexity index is 987. The third-order valence-corrected chi connectivity index (χ3v) is 6.67. The Kier molecular flexibility index (Phi) is 7.05. The average Bonchev–Trinajstić information content (AvgIpc) is 3.20. The number of hydrogen-bond acceptors (Lipinski definition) is 4. The molecule has 1 saturated carbocycles. The molecule has 2 aromatic rings. The summed E-state index contributed by atoms with van der Waals surface area (Å²) >= 11 is 3.31. The van der Waals surface area contributed by atoms with Crippen LogP contribution in [0.2, 0.25) is 0 Å². The summed E-state index contributed by atoms with van der Waals surface area (Å²) in [5.41, 5.74) is 0.786. The lowest BCUT2D eigenvalue weighted by Crippen LogP contribution is -2.34. The molecule has 9 heteroatoms. The number of carbonyl (C=O) groups is 2. The summed E-state index contributed by atoms with van der Waals surface area (Å²) in [6, 6.07) is 12.8. The molecular weight excluding hydrogens is 458 g/mol. The molecule has 1 aliphatic carbocycles. The molecule has 0 radical (unpaired) electrons. The fourth-order valence-electron chi connectivity index (χ4n) is 3.14. The smallest absolute Gasteiger partial charge is 0.251 e. The van der Waals surface area contributed by atoms with Crippen LogP contribution in [0.4, 0.5) is 5.69 Å². The summed E-state index contributed by atoms with van der Waals surface area (Å²) in [5.74, 6) is -0.902. The van der Waals surface area contributed by atoms with Gasteiger partial charge in [0.2, 0.25) is 15.9 Å². The first kappa shape index (κ1) is 21.5. The van der Waals surface area contributed by atoms with Gasteiger partial charge in [0.05, 0.1) is 11.4 Å². The summed E-state index contributed by atoms with van der Waals surface area (Å²) in [6.07, 6.45) is 3.68. The lowest BCUT2D eigenvalue weighted by molar-refractivity contribution is -0.115. The normalized spacial score (nSPS) is 14.5. The third-order valence-electron chi connectivity index (χ3n) is 4.62. The van der Waals surface area contributed by atoms with Crippen LogP contribution < -0.4 is 15.4 Å². The molecule has 29 heavy (non-hydrogen) atoms. The van der Waals surface area contributed by atoms with E-state index in [0.29, 0.717) is 5.69 Å². The first-order valence-corrected chi connectivity index (χ1v) is 11.6. The first-order valence-electron chi connectivity index (χ1n) is 9.29. The van der Waals surface area contributed by atoms with Crippen LogP contribution in [0.15, 0.2) is 57.9 Å². The van der Waals surface area contributed by atoms with Crippen molar-refractivity contribution in [1.82, 2.24) is 10.0 Å². The zero-order valence-electron chi connectivity index (χ0n) is 15.7. The van der Waals surface area contributed by atoms with Crippen LogP contribution in [0.1, 0.15) is 36.0 Å². The fourth-order valence-corrected chi connectivity index (χ4v) is 4.75. The summed E-state index contributed by atoms with van der Waals surface area (Å²) in [5, 5.41) is 5.18. The monoisotopic (exact) mass is 479 g/mol. The number of rotatable bonds is 7. The van der Waals surface area contributed by atoms with Crippen LogP contribution in [0.25, 0.3) is 0 Å². The maximum atomic E-state index is 12.5. The van der Waals surface area contributed by atoms with Gasteiger partial charge in [-0.25, -0.2) is 13.1 Å². The molecule has 0 heterocycles. The quantitative estimate of drug-likeness (QED) is 0.567. The van der Waals surface area contributed by atoms with Gasteiger partial charge in [0, 0.05) is 21.8 Å². The van der Waals surface area contributed by atoms with Crippen LogP contribution in [0.3, 0.4) is 0 Å². The molecule has 3 rings (SSSR count). The van der Waals surface area contributed by atoms with Crippen LogP contribution in [-0.2, 0) is 14.8 Å². The van der Waals surface area contributed by atoms with Gasteiger partial charge in [-0.15, -0.1) is 0 Å². The molecule has 154 valence electrons. The highest BCUT2D eigenvalue weighted by molar-refractivity contribution is 9.10. The molecular formula is C20H22BrN3O4S. The van der Waals surface area contributed by atoms with Gasteiger partial charge in [0.1, 0.15) is 0 Å². The van der Waals surface area contributed by atoms with Crippen LogP contribution in [0.5, 0.6) is 0 Å². The molecule has 0 bridgehead atoms. The summed E-state index contributed by atoms with van der Waals surface area (Å²) in [7, 11) is -3.69. The number of halogens is 1. The number of anilines is 1. The lowest BCUT2D eigenvalue weighted by atomic mass is 10.2. The number of benzene rings is 2. The molecule has 1 aliphatic rings. The molecule has 3 N–H and O–H groups in total. The van der Waals surface area contributed by atoms with Crippen molar-refractivity contribution in [3.05, 3.63) is 58.6 Å². The lowest BCUT2D eigenvalue weighted by Gasteiger charge is -2.13. The molecule has 0 spiro atoms. The van der Waals surface area contributed by atoms with E-state index in [9.17, 15) is 18.0 Å². The van der Waals surface area contributed by atoms with Crippen molar-refractivity contribution in [2.24, 2.45) is 0 Å². The van der Waals surface area contributed by atoms with E-state index in [1.807, 2.05) is 0 Å². The van der Waals surface area contributed by atoms with Gasteiger partial charge >= 0.3 is 0 Å². The van der Waals surface area contributed by atoms with Gasteiger partial charge in [-0.1, -0.05) is 34.8 Å². The summed E-state index contributed by atoms with van der Waals surface area (Å²) in [6.45, 7) is -0.230. The largest absolute Gasteiger partial charge is 0.343 e. The first-order chi connectivity index (χ1) is 13.8. The molecule has 1 fully saturated rings. The van der Waals surface area contributed by atoms with Crippen molar-refractivity contribution in [2.45, 2.75) is 36.6 Å². The molecule has 0 unspecified atom stereocenters. The Morgan fingerprint density at radius 3 is 2.41 bits per heavy atom. The van der Waals surface area contributed by atoms with Crippen LogP contribution in [0, 0.1) is 0 Å². The number of hydrogen-bond donors (Lipinski definition) is 3. The van der Waals surface area contributed by atoms with Crippen molar-refractivity contribution >= 4 is 43.5 Å². The SMILES string of the molecule is O=C(CNC(=O)c1cccc(S(=O)(=O)NC2CCCC2)c1)Nc1ccc(Br)cc1. The van der Waals surface area contributed by atoms with Crippen molar-refractivity contribution in [3.63, 3.8) is 0 Å². The Hall–Kier alpha value is -2.23. The van der Waals surface area contributed by atoms with Crippen LogP contribution >= 0.6 is 15.9 Å². The maximum Gasteiger partial charge on any atom is 0.251 e. The highest BCUT2D eigenvalue weighted by atomic mass is 79.9. The van der Waals surface area contributed by atoms with Gasteiger partial charge in [-0.2, -0.15) is 0 Å². The highest BCUT2D eigenvalue weighted by Crippen LogP contribution is 2.21. The summed E-state index contributed by atoms with van der Waals surface area (Å²) in [4.78, 5) is 24.4. The van der Waals surface area contributed by atoms with E-state index < -0.39 is 15.9 Å². The molecule has 0 aliphatic heterocycles. The Balaban J connectivity index is 1.58. The van der Waals surface area contributed by atoms with E-state index in [4.69, 9.17) is 0 Å². The Labute approximate surface area is 178 Å². The second-order valence-corrected chi connectivity index (χ2v) is 9.50. The fraction of sp³-hybridized carbons (Fsp3) is 0.300. The van der Waals surface area contributed by atoms with Gasteiger partial charge in [0.25, 0.3) is 5.91 Å². The molecule has 0 atom stereocenters. The Morgan fingerprint density at radius 2 is 1.72 bits per heavy atom. The van der Waals surface area contributed by atoms with E-state index in [-0.39, 0.29) is 29.0 Å². The number of sulfonamides is 1. The van der Waals surface area contributed by atoms with Gasteiger partial charge in [-0.05, 0) is 55.3 Å². The minimum absolute atomic E-state index is 0.0383. The molecule has 0 aromatic heterocycles. The number of nitrogens with one attached hydrogen (secondary N) is 3. The molecule has 2 amide bonds. The van der Waals surface area contributed by atoms with E-state index in [1.54, 1.807) is 24.3 Å². The van der Waals surface area contributed by atoms with E-state index in [2.05, 4.69) is 31.3 Å². The predicted octanol–water partition coefficient (Wildman–Crippen LogP) is 3.04. The highest BCUT2D eigenvalue weighted by Gasteiger charge is 2.23. The third kappa shape index (κ3) is 6.12. The summed E-state index contributed by atoms with van der Waals surface area (Å²) < 4.78 is 28.7. The van der Waals surface area contributed by atoms with Crippen molar-refractivity contribution in [1.29, 1.82) is 0 Å². The molecule has 2 aromatic carbocycles. The average molecular weight is 480 g/mol. The Morgan fingerprint density at radius 1 is 1.03 bits per heavy atom. The van der Waals surface area contributed by atoms with Gasteiger partial charge < -0.3 is 10.6 Å². The van der Waals surface area contributed by atoms with Crippen molar-refractivity contribution < 1.29 is 18.0 Å². The van der Waals surface area contributed by atoms with Crippen molar-refractivity contribution in [2.75, 3.05) is 11.9 Å². The zero-order valence-corrected chi connectivity index (χ0v) is 18.1. The molecule has 7 nitrogen and oxygen atoms in total. The second kappa shape index (κ2) is 9.51. The van der Waals surface area contributed by atoms with E-state index in [1.165, 1.54) is 24.3 Å². The van der Waals surface area contributed by atoms with Crippen molar-refractivity contribution in [3.8, 4) is 0 Å².